The Morgan fingerprint density at radius 3 is 2.28 bits per heavy atom. The third kappa shape index (κ3) is 4.83. The summed E-state index contributed by atoms with van der Waals surface area (Å²) < 4.78 is 77.3. The number of ether oxygens (including phenoxy) is 2. The van der Waals surface area contributed by atoms with Gasteiger partial charge in [-0.1, -0.05) is 12.1 Å². The summed E-state index contributed by atoms with van der Waals surface area (Å²) in [5.41, 5.74) is -0.871. The van der Waals surface area contributed by atoms with Gasteiger partial charge < -0.3 is 14.4 Å². The fourth-order valence-corrected chi connectivity index (χ4v) is 5.09. The predicted molar refractivity (Wildman–Crippen MR) is 110 cm³/mol. The molecule has 1 saturated heterocycles. The van der Waals surface area contributed by atoms with Gasteiger partial charge >= 0.3 is 6.18 Å². The summed E-state index contributed by atoms with van der Waals surface area (Å²) in [6, 6.07) is 8.82. The molecule has 0 bridgehead atoms. The van der Waals surface area contributed by atoms with Crippen LogP contribution in [0.15, 0.2) is 47.4 Å². The van der Waals surface area contributed by atoms with E-state index in [1.165, 1.54) is 24.1 Å². The molecule has 0 spiro atoms. The number of benzene rings is 2. The predicted octanol–water partition coefficient (Wildman–Crippen LogP) is 3.26. The lowest BCUT2D eigenvalue weighted by atomic mass is 10.1. The van der Waals surface area contributed by atoms with Crippen molar-refractivity contribution in [2.75, 3.05) is 39.9 Å². The van der Waals surface area contributed by atoms with E-state index in [1.807, 2.05) is 6.92 Å². The van der Waals surface area contributed by atoms with E-state index in [9.17, 15) is 26.4 Å². The number of amides is 1. The second kappa shape index (κ2) is 9.37. The van der Waals surface area contributed by atoms with Gasteiger partial charge in [0.05, 0.1) is 24.2 Å². The number of rotatable bonds is 6. The van der Waals surface area contributed by atoms with Crippen LogP contribution in [0.1, 0.15) is 22.8 Å². The highest BCUT2D eigenvalue weighted by atomic mass is 32.2. The van der Waals surface area contributed by atoms with E-state index >= 15 is 0 Å². The monoisotopic (exact) mass is 472 g/mol. The summed E-state index contributed by atoms with van der Waals surface area (Å²) in [4.78, 5) is 13.5. The molecule has 32 heavy (non-hydrogen) atoms. The van der Waals surface area contributed by atoms with Gasteiger partial charge in [0.1, 0.15) is 0 Å². The number of hydrogen-bond donors (Lipinski definition) is 0. The minimum atomic E-state index is -4.80. The third-order valence-electron chi connectivity index (χ3n) is 5.05. The Bertz CT molecular complexity index is 1080. The molecule has 0 saturated carbocycles. The van der Waals surface area contributed by atoms with Crippen LogP contribution < -0.4 is 9.47 Å². The molecule has 0 aromatic heterocycles. The average Bonchev–Trinajstić information content (AvgIpc) is 2.78. The quantitative estimate of drug-likeness (QED) is 0.645. The molecule has 0 unspecified atom stereocenters. The van der Waals surface area contributed by atoms with Gasteiger partial charge in [0.25, 0.3) is 5.91 Å². The number of halogens is 3. The first kappa shape index (κ1) is 23.9. The second-order valence-corrected chi connectivity index (χ2v) is 8.90. The van der Waals surface area contributed by atoms with E-state index < -0.39 is 26.7 Å². The number of carbonyl (C=O) groups is 1. The van der Waals surface area contributed by atoms with Gasteiger partial charge in [0.15, 0.2) is 11.5 Å². The SMILES string of the molecule is CCOc1ccc(C(=O)N2CCN(S(=O)(=O)c3ccccc3C(F)(F)F)CC2)cc1OC. The molecule has 1 aliphatic heterocycles. The highest BCUT2D eigenvalue weighted by Crippen LogP contribution is 2.35. The lowest BCUT2D eigenvalue weighted by Gasteiger charge is -2.34. The largest absolute Gasteiger partial charge is 0.493 e. The summed E-state index contributed by atoms with van der Waals surface area (Å²) >= 11 is 0. The van der Waals surface area contributed by atoms with E-state index in [0.717, 1.165) is 22.5 Å². The van der Waals surface area contributed by atoms with Gasteiger partial charge in [0, 0.05) is 31.7 Å². The first-order chi connectivity index (χ1) is 15.1. The Morgan fingerprint density at radius 1 is 1.03 bits per heavy atom. The Morgan fingerprint density at radius 2 is 1.69 bits per heavy atom. The smallest absolute Gasteiger partial charge is 0.417 e. The molecule has 7 nitrogen and oxygen atoms in total. The van der Waals surface area contributed by atoms with Gasteiger partial charge in [0.2, 0.25) is 10.0 Å². The Balaban J connectivity index is 1.75. The molecule has 2 aromatic rings. The fourth-order valence-electron chi connectivity index (χ4n) is 3.45. The lowest BCUT2D eigenvalue weighted by molar-refractivity contribution is -0.139. The summed E-state index contributed by atoms with van der Waals surface area (Å²) in [6.07, 6.45) is -4.80. The van der Waals surface area contributed by atoms with Crippen molar-refractivity contribution in [3.63, 3.8) is 0 Å². The van der Waals surface area contributed by atoms with Gasteiger partial charge in [-0.15, -0.1) is 0 Å². The van der Waals surface area contributed by atoms with Crippen LogP contribution in [-0.4, -0.2) is 63.4 Å². The summed E-state index contributed by atoms with van der Waals surface area (Å²) in [6.45, 7) is 2.10. The van der Waals surface area contributed by atoms with Crippen LogP contribution in [0.25, 0.3) is 0 Å². The molecule has 174 valence electrons. The maximum Gasteiger partial charge on any atom is 0.417 e. The molecule has 11 heteroatoms. The zero-order chi connectivity index (χ0) is 23.5. The Kier molecular flexibility index (Phi) is 6.99. The molecule has 0 atom stereocenters. The van der Waals surface area contributed by atoms with Crippen molar-refractivity contribution < 1.29 is 35.9 Å². The van der Waals surface area contributed by atoms with Gasteiger partial charge in [-0.2, -0.15) is 17.5 Å². The van der Waals surface area contributed by atoms with Crippen LogP contribution in [0.2, 0.25) is 0 Å². The number of hydrogen-bond acceptors (Lipinski definition) is 5. The molecule has 1 amide bonds. The van der Waals surface area contributed by atoms with Gasteiger partial charge in [-0.05, 0) is 37.3 Å². The van der Waals surface area contributed by atoms with Crippen LogP contribution in [0.3, 0.4) is 0 Å². The Hall–Kier alpha value is -2.79. The summed E-state index contributed by atoms with van der Waals surface area (Å²) in [7, 11) is -2.92. The number of nitrogens with zero attached hydrogens (tertiary/aromatic N) is 2. The van der Waals surface area contributed by atoms with E-state index in [4.69, 9.17) is 9.47 Å². The normalized spacial score (nSPS) is 15.5. The van der Waals surface area contributed by atoms with Gasteiger partial charge in [-0.3, -0.25) is 4.79 Å². The Labute approximate surface area is 184 Å². The fraction of sp³-hybridized carbons (Fsp3) is 0.381. The van der Waals surface area contributed by atoms with Crippen molar-refractivity contribution in [1.82, 2.24) is 9.21 Å². The molecule has 1 heterocycles. The number of carbonyl (C=O) groups excluding carboxylic acids is 1. The highest BCUT2D eigenvalue weighted by molar-refractivity contribution is 7.89. The number of alkyl halides is 3. The van der Waals surface area contributed by atoms with Crippen LogP contribution in [-0.2, 0) is 16.2 Å². The van der Waals surface area contributed by atoms with Crippen molar-refractivity contribution >= 4 is 15.9 Å². The zero-order valence-electron chi connectivity index (χ0n) is 17.6. The molecule has 0 N–H and O–H groups in total. The van der Waals surface area contributed by atoms with Crippen LogP contribution in [0, 0.1) is 0 Å². The van der Waals surface area contributed by atoms with Crippen molar-refractivity contribution in [2.45, 2.75) is 18.0 Å². The molecule has 0 radical (unpaired) electrons. The number of methoxy groups -OCH3 is 1. The zero-order valence-corrected chi connectivity index (χ0v) is 18.4. The molecular formula is C21H23F3N2O5S. The van der Waals surface area contributed by atoms with Crippen LogP contribution in [0.4, 0.5) is 13.2 Å². The van der Waals surface area contributed by atoms with E-state index in [1.54, 1.807) is 12.1 Å². The van der Waals surface area contributed by atoms with Crippen LogP contribution in [0.5, 0.6) is 11.5 Å². The van der Waals surface area contributed by atoms with Crippen molar-refractivity contribution in [3.8, 4) is 11.5 Å². The molecule has 0 aliphatic carbocycles. The summed E-state index contributed by atoms with van der Waals surface area (Å²) in [5, 5.41) is 0. The molecular weight excluding hydrogens is 449 g/mol. The second-order valence-electron chi connectivity index (χ2n) is 6.99. The topological polar surface area (TPSA) is 76.2 Å². The minimum absolute atomic E-state index is 0.0434. The van der Waals surface area contributed by atoms with Crippen molar-refractivity contribution in [1.29, 1.82) is 0 Å². The van der Waals surface area contributed by atoms with Gasteiger partial charge in [-0.25, -0.2) is 8.42 Å². The average molecular weight is 472 g/mol. The third-order valence-corrected chi connectivity index (χ3v) is 7.00. The first-order valence-corrected chi connectivity index (χ1v) is 11.3. The number of piperazine rings is 1. The molecule has 3 rings (SSSR count). The van der Waals surface area contributed by atoms with E-state index in [2.05, 4.69) is 0 Å². The van der Waals surface area contributed by atoms with E-state index in [-0.39, 0.29) is 32.1 Å². The number of sulfonamides is 1. The molecule has 1 aliphatic rings. The maximum atomic E-state index is 13.3. The van der Waals surface area contributed by atoms with E-state index in [0.29, 0.717) is 23.7 Å². The standard InChI is InChI=1S/C21H23F3N2O5S/c1-3-31-17-9-8-15(14-18(17)30-2)20(27)25-10-12-26(13-11-25)32(28,29)19-7-5-4-6-16(19)21(22,23)24/h4-9,14H,3,10-13H2,1-2H3. The minimum Gasteiger partial charge on any atom is -0.493 e. The molecule has 1 fully saturated rings. The maximum absolute atomic E-state index is 13.3. The van der Waals surface area contributed by atoms with Crippen LogP contribution >= 0.6 is 0 Å². The first-order valence-electron chi connectivity index (χ1n) is 9.86. The van der Waals surface area contributed by atoms with Crippen molar-refractivity contribution in [2.24, 2.45) is 0 Å². The molecule has 2 aromatic carbocycles. The summed E-state index contributed by atoms with van der Waals surface area (Å²) in [5.74, 6) is 0.549. The van der Waals surface area contributed by atoms with Crippen molar-refractivity contribution in [3.05, 3.63) is 53.6 Å². The lowest BCUT2D eigenvalue weighted by Crippen LogP contribution is -2.50. The highest BCUT2D eigenvalue weighted by Gasteiger charge is 2.39.